The largest absolute Gasteiger partial charge is 0.360 e. The molecule has 3 rings (SSSR count). The molecule has 4 nitrogen and oxygen atoms in total. The van der Waals surface area contributed by atoms with Crippen molar-refractivity contribution in [1.29, 1.82) is 0 Å². The highest BCUT2D eigenvalue weighted by Gasteiger charge is 2.24. The number of rotatable bonds is 5. The Kier molecular flexibility index (Phi) is 6.11. The summed E-state index contributed by atoms with van der Waals surface area (Å²) >= 11 is 0. The summed E-state index contributed by atoms with van der Waals surface area (Å²) in [5.74, 6) is -0.194. The fourth-order valence-electron chi connectivity index (χ4n) is 3.64. The predicted octanol–water partition coefficient (Wildman–Crippen LogP) is 1.81. The van der Waals surface area contributed by atoms with Crippen molar-refractivity contribution < 1.29 is 14.1 Å². The van der Waals surface area contributed by atoms with E-state index in [9.17, 15) is 9.18 Å². The van der Waals surface area contributed by atoms with E-state index in [2.05, 4.69) is 36.9 Å². The zero-order chi connectivity index (χ0) is 19.4. The Morgan fingerprint density at radius 2 is 1.81 bits per heavy atom. The van der Waals surface area contributed by atoms with Crippen LogP contribution in [0.2, 0.25) is 0 Å². The lowest BCUT2D eigenvalue weighted by atomic mass is 10.1. The number of hydrogen-bond donors (Lipinski definition) is 1. The molecule has 0 aromatic heterocycles. The second kappa shape index (κ2) is 8.53. The van der Waals surface area contributed by atoms with Crippen LogP contribution in [-0.4, -0.2) is 50.6 Å². The van der Waals surface area contributed by atoms with Gasteiger partial charge in [0.1, 0.15) is 5.82 Å². The topological polar surface area (TPSA) is 28.0 Å². The molecule has 0 bridgehead atoms. The SMILES string of the molecule is Cc1cccc(N2CC[NH+](CC(=O)N(C)Cc3ccccc3F)CC2)c1C. The molecule has 0 aliphatic carbocycles. The van der Waals surface area contributed by atoms with Gasteiger partial charge in [-0.2, -0.15) is 0 Å². The van der Waals surface area contributed by atoms with Gasteiger partial charge in [-0.25, -0.2) is 4.39 Å². The molecular formula is C22H29FN3O+. The van der Waals surface area contributed by atoms with Gasteiger partial charge in [-0.1, -0.05) is 30.3 Å². The molecule has 1 aliphatic rings. The molecule has 1 amide bonds. The molecule has 1 heterocycles. The molecule has 1 fully saturated rings. The number of nitrogens with one attached hydrogen (secondary N) is 1. The molecule has 2 aromatic carbocycles. The Hall–Kier alpha value is -2.40. The first kappa shape index (κ1) is 19.4. The average Bonchev–Trinajstić information content (AvgIpc) is 2.66. The summed E-state index contributed by atoms with van der Waals surface area (Å²) in [7, 11) is 1.75. The van der Waals surface area contributed by atoms with Crippen molar-refractivity contribution in [3.63, 3.8) is 0 Å². The third kappa shape index (κ3) is 4.66. The molecule has 1 saturated heterocycles. The summed E-state index contributed by atoms with van der Waals surface area (Å²) in [6.45, 7) is 8.86. The van der Waals surface area contributed by atoms with E-state index in [-0.39, 0.29) is 11.7 Å². The van der Waals surface area contributed by atoms with Crippen molar-refractivity contribution in [3.05, 3.63) is 65.0 Å². The molecule has 27 heavy (non-hydrogen) atoms. The minimum absolute atomic E-state index is 0.0634. The van der Waals surface area contributed by atoms with Gasteiger partial charge in [-0.15, -0.1) is 0 Å². The first-order valence-electron chi connectivity index (χ1n) is 9.58. The number of amides is 1. The van der Waals surface area contributed by atoms with Crippen LogP contribution in [0.1, 0.15) is 16.7 Å². The van der Waals surface area contributed by atoms with Crippen molar-refractivity contribution in [2.45, 2.75) is 20.4 Å². The van der Waals surface area contributed by atoms with Gasteiger partial charge in [0, 0.05) is 24.8 Å². The number of aryl methyl sites for hydroxylation is 1. The van der Waals surface area contributed by atoms with Crippen molar-refractivity contribution in [1.82, 2.24) is 4.90 Å². The Labute approximate surface area is 161 Å². The van der Waals surface area contributed by atoms with Gasteiger partial charge in [0.05, 0.1) is 26.2 Å². The fourth-order valence-corrected chi connectivity index (χ4v) is 3.64. The summed E-state index contributed by atoms with van der Waals surface area (Å²) in [6, 6.07) is 13.1. The molecule has 0 saturated carbocycles. The minimum Gasteiger partial charge on any atom is -0.360 e. The quantitative estimate of drug-likeness (QED) is 0.869. The summed E-state index contributed by atoms with van der Waals surface area (Å²) < 4.78 is 13.8. The second-order valence-corrected chi connectivity index (χ2v) is 7.47. The number of likely N-dealkylation sites (N-methyl/N-ethyl adjacent to an activating group) is 1. The molecule has 0 atom stereocenters. The third-order valence-electron chi connectivity index (χ3n) is 5.58. The van der Waals surface area contributed by atoms with E-state index < -0.39 is 0 Å². The highest BCUT2D eigenvalue weighted by atomic mass is 19.1. The number of carbonyl (C=O) groups excluding carboxylic acids is 1. The lowest BCUT2D eigenvalue weighted by Gasteiger charge is -2.35. The Morgan fingerprint density at radius 3 is 2.52 bits per heavy atom. The van der Waals surface area contributed by atoms with Crippen molar-refractivity contribution in [3.8, 4) is 0 Å². The molecule has 144 valence electrons. The number of halogens is 1. The number of nitrogens with zero attached hydrogens (tertiary/aromatic N) is 2. The number of anilines is 1. The van der Waals surface area contributed by atoms with Crippen LogP contribution in [-0.2, 0) is 11.3 Å². The monoisotopic (exact) mass is 370 g/mol. The standard InChI is InChI=1S/C22H28FN3O/c1-17-7-6-10-21(18(17)2)26-13-11-25(12-14-26)16-22(27)24(3)15-19-8-4-5-9-20(19)23/h4-10H,11-16H2,1-3H3/p+1. The number of carbonyl (C=O) groups is 1. The number of benzene rings is 2. The predicted molar refractivity (Wildman–Crippen MR) is 107 cm³/mol. The number of piperazine rings is 1. The van der Waals surface area contributed by atoms with E-state index in [4.69, 9.17) is 0 Å². The Morgan fingerprint density at radius 1 is 1.11 bits per heavy atom. The lowest BCUT2D eigenvalue weighted by molar-refractivity contribution is -0.892. The fraction of sp³-hybridized carbons (Fsp3) is 0.409. The first-order chi connectivity index (χ1) is 13.0. The van der Waals surface area contributed by atoms with Crippen LogP contribution < -0.4 is 9.80 Å². The van der Waals surface area contributed by atoms with E-state index in [0.717, 1.165) is 26.2 Å². The van der Waals surface area contributed by atoms with Crippen LogP contribution >= 0.6 is 0 Å². The first-order valence-corrected chi connectivity index (χ1v) is 9.58. The van der Waals surface area contributed by atoms with Crippen molar-refractivity contribution >= 4 is 11.6 Å². The van der Waals surface area contributed by atoms with Crippen molar-refractivity contribution in [2.24, 2.45) is 0 Å². The highest BCUT2D eigenvalue weighted by Crippen LogP contribution is 2.22. The van der Waals surface area contributed by atoms with Gasteiger partial charge in [0.15, 0.2) is 6.54 Å². The van der Waals surface area contributed by atoms with Crippen LogP contribution in [0.5, 0.6) is 0 Å². The molecular weight excluding hydrogens is 341 g/mol. The molecule has 0 spiro atoms. The lowest BCUT2D eigenvalue weighted by Crippen LogP contribution is -3.15. The van der Waals surface area contributed by atoms with E-state index in [1.54, 1.807) is 30.1 Å². The van der Waals surface area contributed by atoms with Crippen LogP contribution in [0.15, 0.2) is 42.5 Å². The Bertz CT molecular complexity index is 800. The van der Waals surface area contributed by atoms with Gasteiger partial charge < -0.3 is 14.7 Å². The number of quaternary nitrogens is 1. The molecule has 2 aromatic rings. The molecule has 1 aliphatic heterocycles. The summed E-state index contributed by atoms with van der Waals surface area (Å²) in [4.78, 5) is 17.9. The normalized spacial score (nSPS) is 15.0. The minimum atomic E-state index is -0.258. The van der Waals surface area contributed by atoms with Gasteiger partial charge in [-0.3, -0.25) is 4.79 Å². The van der Waals surface area contributed by atoms with Crippen LogP contribution in [0.3, 0.4) is 0 Å². The van der Waals surface area contributed by atoms with Crippen LogP contribution in [0.25, 0.3) is 0 Å². The van der Waals surface area contributed by atoms with E-state index in [1.165, 1.54) is 27.8 Å². The van der Waals surface area contributed by atoms with Gasteiger partial charge in [0.2, 0.25) is 0 Å². The number of hydrogen-bond acceptors (Lipinski definition) is 2. The zero-order valence-corrected chi connectivity index (χ0v) is 16.5. The maximum atomic E-state index is 13.8. The smallest absolute Gasteiger partial charge is 0.277 e. The van der Waals surface area contributed by atoms with E-state index >= 15 is 0 Å². The van der Waals surface area contributed by atoms with Crippen LogP contribution in [0.4, 0.5) is 10.1 Å². The second-order valence-electron chi connectivity index (χ2n) is 7.47. The van der Waals surface area contributed by atoms with Gasteiger partial charge in [-0.05, 0) is 37.1 Å². The zero-order valence-electron chi connectivity index (χ0n) is 16.5. The Balaban J connectivity index is 1.52. The summed E-state index contributed by atoms with van der Waals surface area (Å²) in [5, 5.41) is 0. The molecule has 0 radical (unpaired) electrons. The van der Waals surface area contributed by atoms with Crippen LogP contribution in [0, 0.1) is 19.7 Å². The molecule has 5 heteroatoms. The van der Waals surface area contributed by atoms with E-state index in [1.807, 2.05) is 0 Å². The highest BCUT2D eigenvalue weighted by molar-refractivity contribution is 5.76. The average molecular weight is 370 g/mol. The maximum absolute atomic E-state index is 13.8. The molecule has 1 N–H and O–H groups in total. The maximum Gasteiger partial charge on any atom is 0.277 e. The van der Waals surface area contributed by atoms with E-state index in [0.29, 0.717) is 18.7 Å². The summed E-state index contributed by atoms with van der Waals surface area (Å²) in [6.07, 6.45) is 0. The van der Waals surface area contributed by atoms with Gasteiger partial charge in [0.25, 0.3) is 5.91 Å². The third-order valence-corrected chi connectivity index (χ3v) is 5.58. The van der Waals surface area contributed by atoms with Gasteiger partial charge >= 0.3 is 0 Å². The summed E-state index contributed by atoms with van der Waals surface area (Å²) in [5.41, 5.74) is 4.51. The van der Waals surface area contributed by atoms with Crippen molar-refractivity contribution in [2.75, 3.05) is 44.7 Å². The molecule has 0 unspecified atom stereocenters.